The van der Waals surface area contributed by atoms with Crippen molar-refractivity contribution in [2.75, 3.05) is 0 Å². The molecule has 2 aliphatic rings. The lowest BCUT2D eigenvalue weighted by Gasteiger charge is -2.03. The van der Waals surface area contributed by atoms with E-state index in [1.807, 2.05) is 265 Å². The molecule has 0 saturated heterocycles. The average Bonchev–Trinajstić information content (AvgIpc) is 1.63. The molecule has 22 aromatic rings. The number of aliphatic imine (C=N–C) groups is 1. The monoisotopic (exact) mass is 1840 g/mol. The number of aromatic nitrogens is 23. The number of para-hydroxylation sites is 14. The van der Waals surface area contributed by atoms with Gasteiger partial charge in [0.2, 0.25) is 0 Å². The summed E-state index contributed by atoms with van der Waals surface area (Å²) >= 11 is 1.69. The zero-order chi connectivity index (χ0) is 94.4. The average molecular weight is 1840 g/mol. The van der Waals surface area contributed by atoms with Gasteiger partial charge in [-0.05, 0) is 171 Å². The molecule has 684 valence electrons. The van der Waals surface area contributed by atoms with Gasteiger partial charge in [-0.1, -0.05) is 170 Å². The van der Waals surface area contributed by atoms with Crippen molar-refractivity contribution in [3.8, 4) is 33.8 Å². The van der Waals surface area contributed by atoms with Crippen LogP contribution < -0.4 is 0 Å². The molecule has 14 heterocycles. The largest absolute Gasteiger partial charge is 0.337 e. The van der Waals surface area contributed by atoms with E-state index in [9.17, 15) is 0 Å². The van der Waals surface area contributed by atoms with E-state index in [1.54, 1.807) is 23.7 Å². The van der Waals surface area contributed by atoms with Gasteiger partial charge in [0, 0.05) is 176 Å². The van der Waals surface area contributed by atoms with Crippen molar-refractivity contribution in [1.29, 1.82) is 0 Å². The Kier molecular flexibility index (Phi) is 28.9. The van der Waals surface area contributed by atoms with Gasteiger partial charge in [0.05, 0.1) is 140 Å². The van der Waals surface area contributed by atoms with Crippen molar-refractivity contribution in [3.05, 3.63) is 433 Å². The van der Waals surface area contributed by atoms with Crippen molar-refractivity contribution in [2.24, 2.45) is 40.2 Å². The van der Waals surface area contributed by atoms with E-state index in [0.29, 0.717) is 0 Å². The van der Waals surface area contributed by atoms with Crippen LogP contribution >= 0.6 is 11.3 Å². The number of fused-ring (bicyclic) bond motifs is 7. The van der Waals surface area contributed by atoms with Crippen LogP contribution in [0.2, 0.25) is 0 Å². The number of rotatable bonds is 23. The highest BCUT2D eigenvalue weighted by Crippen LogP contribution is 2.29. The van der Waals surface area contributed by atoms with Gasteiger partial charge in [-0.25, -0.2) is 54.8 Å². The summed E-state index contributed by atoms with van der Waals surface area (Å²) in [6, 6.07) is 82.6. The molecule has 0 spiro atoms. The first-order valence-corrected chi connectivity index (χ1v) is 47.7. The van der Waals surface area contributed by atoms with Gasteiger partial charge in [0.25, 0.3) is 0 Å². The summed E-state index contributed by atoms with van der Waals surface area (Å²) < 4.78 is 10.5. The van der Waals surface area contributed by atoms with Crippen molar-refractivity contribution in [1.82, 2.24) is 113 Å². The van der Waals surface area contributed by atoms with E-state index in [-0.39, 0.29) is 0 Å². The fourth-order valence-corrected chi connectivity index (χ4v) is 17.4. The molecule has 1 aliphatic carbocycles. The second-order valence-electron chi connectivity index (χ2n) is 34.1. The highest BCUT2D eigenvalue weighted by atomic mass is 32.1. The van der Waals surface area contributed by atoms with Crippen LogP contribution in [-0.2, 0) is 106 Å². The van der Waals surface area contributed by atoms with Crippen molar-refractivity contribution < 1.29 is 0 Å². The van der Waals surface area contributed by atoms with Gasteiger partial charge >= 0.3 is 0 Å². The van der Waals surface area contributed by atoms with E-state index in [1.165, 1.54) is 27.9 Å². The summed E-state index contributed by atoms with van der Waals surface area (Å²) in [7, 11) is 10.2. The molecule has 13 aromatic heterocycles. The fraction of sp³-hybridized carbons (Fsp3) is 0.167. The first-order valence-electron chi connectivity index (χ1n) is 46.8. The number of aryl methyl sites for hydroxylation is 16. The third-order valence-corrected chi connectivity index (χ3v) is 25.0. The molecule has 0 radical (unpaired) electrons. The Labute approximate surface area is 809 Å². The maximum Gasteiger partial charge on any atom is 0.109 e. The zero-order valence-electron chi connectivity index (χ0n) is 78.1. The Balaban J connectivity index is 0.000000106. The maximum absolute atomic E-state index is 4.78. The molecule has 0 amide bonds. The number of allylic oxidation sites excluding steroid dienone is 5. The molecule has 0 fully saturated rings. The standard InChI is InChI=1S/C20H18N4.C20H17N3.C19H17N5.C19H18N4.C18H16N4S.C18H16N4/c1-24-14-19(15-7-3-2-4-8-15)23-20(24)12-11-16-13-21-17-9-5-6-10-18(17)22-16;1-2-6-15(7-3-1)18-13-12-16(22-18)10-11-17-14-21-19-8-4-5-9-20(19)23-17;1-24-13-18(14-8-10-20-11-9-14)23-19(24)7-6-15-12-21-16-4-2-3-5-17(16)22-15;1-23-13-18(14-6-2-3-7-14)22-19(23)11-10-15-12-20-16-8-4-5-9-17(16)21-15;1-22-11-17(13-8-9-23-12-13)21-18(22)7-6-14-10-19-15-4-2-3-5-16(15)20-14;1-22-17-9-5-4-8-16(17)21-18(22)11-10-13-12-19-14-6-2-3-7-15(14)20-13/h2-10,13-14H,11-12H2,1H3;1-9,13-14H,10-12H2;2-5,8-13H,6-7H2,1H3;2-6,8-9,12-13H,7,10-11H2,1H3;2-5,8-12H,6-7H2,1H3;2-9,12H,10-11H2,1H3. The first kappa shape index (κ1) is 91.2. The third-order valence-electron chi connectivity index (χ3n) is 24.3. The Morgan fingerprint density at radius 1 is 0.273 bits per heavy atom. The predicted molar refractivity (Wildman–Crippen MR) is 556 cm³/mol. The van der Waals surface area contributed by atoms with Crippen LogP contribution in [0.15, 0.2) is 363 Å². The number of hydrogen-bond acceptors (Lipinski definition) is 20. The third kappa shape index (κ3) is 23.4. The van der Waals surface area contributed by atoms with Gasteiger partial charge in [-0.3, -0.25) is 39.9 Å². The van der Waals surface area contributed by atoms with Crippen LogP contribution in [0.3, 0.4) is 0 Å². The molecular formula is C114H102N24S. The van der Waals surface area contributed by atoms with E-state index >= 15 is 0 Å². The zero-order valence-corrected chi connectivity index (χ0v) is 78.9. The van der Waals surface area contributed by atoms with Crippen molar-refractivity contribution in [3.63, 3.8) is 0 Å². The van der Waals surface area contributed by atoms with Crippen LogP contribution in [0.1, 0.15) is 93.8 Å². The van der Waals surface area contributed by atoms with Crippen LogP contribution in [0.25, 0.3) is 122 Å². The van der Waals surface area contributed by atoms with Gasteiger partial charge in [-0.15, -0.1) is 0 Å². The summed E-state index contributed by atoms with van der Waals surface area (Å²) in [4.78, 5) is 87.5. The van der Waals surface area contributed by atoms with Crippen LogP contribution in [0, 0.1) is 0 Å². The molecular weight excluding hydrogens is 1740 g/mol. The molecule has 139 heavy (non-hydrogen) atoms. The van der Waals surface area contributed by atoms with E-state index in [2.05, 4.69) is 204 Å². The maximum atomic E-state index is 4.78. The van der Waals surface area contributed by atoms with Gasteiger partial charge in [0.1, 0.15) is 29.1 Å². The molecule has 25 heteroatoms. The summed E-state index contributed by atoms with van der Waals surface area (Å²) in [6.45, 7) is 0. The molecule has 0 N–H and O–H groups in total. The second-order valence-corrected chi connectivity index (χ2v) is 34.8. The number of hydrogen-bond donors (Lipinski definition) is 0. The molecule has 0 unspecified atom stereocenters. The summed E-state index contributed by atoms with van der Waals surface area (Å²) in [5, 5.41) is 4.20. The highest BCUT2D eigenvalue weighted by molar-refractivity contribution is 7.08. The van der Waals surface area contributed by atoms with Crippen molar-refractivity contribution in [2.45, 2.75) is 89.9 Å². The van der Waals surface area contributed by atoms with Gasteiger partial charge in [-0.2, -0.15) is 11.3 Å². The molecule has 24 rings (SSSR count). The van der Waals surface area contributed by atoms with Gasteiger partial charge in [0.15, 0.2) is 0 Å². The van der Waals surface area contributed by atoms with Crippen molar-refractivity contribution >= 4 is 106 Å². The summed E-state index contributed by atoms with van der Waals surface area (Å²) in [5.74, 6) is 5.33. The van der Waals surface area contributed by atoms with E-state index in [0.717, 1.165) is 264 Å². The molecule has 1 aliphatic heterocycles. The molecule has 0 saturated carbocycles. The smallest absolute Gasteiger partial charge is 0.109 e. The number of pyridine rings is 1. The number of thiophene rings is 1. The van der Waals surface area contributed by atoms with Crippen LogP contribution in [0.5, 0.6) is 0 Å². The Morgan fingerprint density at radius 2 is 0.597 bits per heavy atom. The molecule has 9 aromatic carbocycles. The van der Waals surface area contributed by atoms with E-state index in [4.69, 9.17) is 29.9 Å². The lowest BCUT2D eigenvalue weighted by atomic mass is 10.1. The molecule has 0 atom stereocenters. The lowest BCUT2D eigenvalue weighted by molar-refractivity contribution is 0.761. The van der Waals surface area contributed by atoms with E-state index < -0.39 is 0 Å². The Bertz CT molecular complexity index is 7950. The highest BCUT2D eigenvalue weighted by Gasteiger charge is 2.18. The summed E-state index contributed by atoms with van der Waals surface area (Å²) in [6.07, 6.45) is 43.9. The minimum Gasteiger partial charge on any atom is -0.337 e. The predicted octanol–water partition coefficient (Wildman–Crippen LogP) is 22.1. The first-order chi connectivity index (χ1) is 68.4. The molecule has 0 bridgehead atoms. The summed E-state index contributed by atoms with van der Waals surface area (Å²) in [5.41, 5.74) is 31.9. The SMILES string of the molecule is C1=C(c2ccccc2)N=C(CCc2cnc3ccccc3n2)C1.Cn1c(CCc2cnc3ccccc3n2)nc2ccccc21.Cn1cc(-c2ccccc2)nc1CCc1cnc2ccccc2n1.Cn1cc(-c2ccncc2)nc1CCc1cnc2ccccc2n1.Cn1cc(-c2ccsc2)nc1CCc1cnc2ccccc2n1.Cn1cc(C2=CC=CC2)nc1CCc1cnc2ccccc2n1. The molecule has 24 nitrogen and oxygen atoms in total. The van der Waals surface area contributed by atoms with Crippen LogP contribution in [-0.4, -0.2) is 118 Å². The Hall–Kier alpha value is -16.9. The minimum absolute atomic E-state index is 0.818. The Morgan fingerprint density at radius 3 is 0.964 bits per heavy atom. The van der Waals surface area contributed by atoms with Gasteiger partial charge < -0.3 is 22.8 Å². The lowest BCUT2D eigenvalue weighted by Crippen LogP contribution is -2.02. The topological polar surface area (TPSA) is 269 Å². The number of imidazole rings is 5. The van der Waals surface area contributed by atoms with Crippen LogP contribution in [0.4, 0.5) is 0 Å². The quantitative estimate of drug-likeness (QED) is 0.0576. The minimum atomic E-state index is 0.818. The number of benzene rings is 9. The normalized spacial score (nSPS) is 12.0. The fourth-order valence-electron chi connectivity index (χ4n) is 16.7. The second kappa shape index (κ2) is 44.0. The number of nitrogens with zero attached hydrogens (tertiary/aromatic N) is 24.